The highest BCUT2D eigenvalue weighted by Crippen LogP contribution is 2.33. The molecule has 11 N–H and O–H groups in total. The van der Waals surface area contributed by atoms with Gasteiger partial charge in [-0.3, -0.25) is 47.9 Å². The number of carbonyl (C=O) groups is 11. The average Bonchev–Trinajstić information content (AvgIpc) is 1.61. The molecular weight excluding hydrogens is 1650 g/mol. The van der Waals surface area contributed by atoms with Crippen LogP contribution in [0.4, 0.5) is 44.3 Å². The van der Waals surface area contributed by atoms with Crippen LogP contribution in [0.2, 0.25) is 0 Å². The van der Waals surface area contributed by atoms with E-state index in [-0.39, 0.29) is 120 Å². The molecule has 668 valence electrons. The predicted octanol–water partition coefficient (Wildman–Crippen LogP) is 5.86. The first-order chi connectivity index (χ1) is 59.1. The summed E-state index contributed by atoms with van der Waals surface area (Å²) in [5.74, 6) is -3.15. The fraction of sp³-hybridized carbons (Fsp3) is 0.475. The molecule has 0 aromatic carbocycles. The average molecular weight is 1760 g/mol. The van der Waals surface area contributed by atoms with Crippen molar-refractivity contribution in [3.05, 3.63) is 138 Å². The van der Waals surface area contributed by atoms with Gasteiger partial charge in [0.2, 0.25) is 35.3 Å². The van der Waals surface area contributed by atoms with Crippen molar-refractivity contribution in [2.24, 2.45) is 55.3 Å². The first-order valence-corrected chi connectivity index (χ1v) is 41.8. The van der Waals surface area contributed by atoms with Crippen LogP contribution >= 0.6 is 23.1 Å². The summed E-state index contributed by atoms with van der Waals surface area (Å²) in [6.07, 6.45) is 15.9. The van der Waals surface area contributed by atoms with E-state index in [0.29, 0.717) is 87.6 Å². The highest BCUT2D eigenvalue weighted by atomic mass is 32.2. The smallest absolute Gasteiger partial charge is 0.408 e. The molecule has 0 bridgehead atoms. The summed E-state index contributed by atoms with van der Waals surface area (Å²) in [5.41, 5.74) is 0.760. The lowest BCUT2D eigenvalue weighted by molar-refractivity contribution is -0.121. The minimum Gasteiger partial charge on any atom is -0.444 e. The van der Waals surface area contributed by atoms with E-state index in [0.717, 1.165) is 42.4 Å². The van der Waals surface area contributed by atoms with Crippen molar-refractivity contribution in [2.45, 2.75) is 94.2 Å². The number of ether oxygens (including phenoxy) is 6. The molecule has 1 aliphatic heterocycles. The number of piperidine rings is 1. The van der Waals surface area contributed by atoms with Gasteiger partial charge < -0.3 is 128 Å². The Morgan fingerprint density at radius 1 is 0.500 bits per heavy atom. The lowest BCUT2D eigenvalue weighted by Crippen LogP contribution is -2.47. The minimum absolute atomic E-state index is 0.00349. The van der Waals surface area contributed by atoms with E-state index in [4.69, 9.17) is 32.8 Å². The third-order valence-electron chi connectivity index (χ3n) is 18.9. The van der Waals surface area contributed by atoms with Gasteiger partial charge in [0.25, 0.3) is 41.4 Å². The summed E-state index contributed by atoms with van der Waals surface area (Å²) >= 11 is 3.03. The molecule has 0 saturated carbocycles. The number of hydrogen-bond acceptors (Lipinski definition) is 26. The summed E-state index contributed by atoms with van der Waals surface area (Å²) in [6, 6.07) is 4.53. The number of aryl methyl sites for hydroxylation is 7. The van der Waals surface area contributed by atoms with Gasteiger partial charge in [0, 0.05) is 143 Å². The zero-order chi connectivity index (χ0) is 89.4. The maximum atomic E-state index is 13.9. The molecule has 0 unspecified atom stereocenters. The Balaban J connectivity index is 0.562. The molecule has 9 aromatic heterocycles. The van der Waals surface area contributed by atoms with Gasteiger partial charge in [-0.05, 0) is 77.4 Å². The van der Waals surface area contributed by atoms with E-state index in [1.807, 2.05) is 0 Å². The number of anilines is 7. The lowest BCUT2D eigenvalue weighted by Gasteiger charge is -2.30. The number of oxazole rings is 1. The van der Waals surface area contributed by atoms with Crippen LogP contribution in [-0.2, 0) is 103 Å². The topological polar surface area (TPSA) is 491 Å². The van der Waals surface area contributed by atoms with Crippen molar-refractivity contribution in [1.29, 1.82) is 0 Å². The van der Waals surface area contributed by atoms with Crippen molar-refractivity contribution in [3.63, 3.8) is 0 Å². The van der Waals surface area contributed by atoms with Gasteiger partial charge in [0.15, 0.2) is 22.6 Å². The Morgan fingerprint density at radius 2 is 0.984 bits per heavy atom. The van der Waals surface area contributed by atoms with Gasteiger partial charge in [-0.15, -0.1) is 11.8 Å². The van der Waals surface area contributed by atoms with E-state index < -0.39 is 70.9 Å². The molecule has 1 saturated heterocycles. The molecule has 0 radical (unpaired) electrons. The van der Waals surface area contributed by atoms with Gasteiger partial charge in [0.1, 0.15) is 40.2 Å². The Hall–Kier alpha value is -12.3. The number of likely N-dealkylation sites (tertiary alicyclic amines) is 1. The molecule has 0 spiro atoms. The molecular formula is C80H108N24O18S2. The molecule has 1 aliphatic rings. The van der Waals surface area contributed by atoms with Crippen molar-refractivity contribution in [3.8, 4) is 0 Å². The predicted molar refractivity (Wildman–Crippen MR) is 459 cm³/mol. The van der Waals surface area contributed by atoms with E-state index >= 15 is 0 Å². The van der Waals surface area contributed by atoms with Crippen molar-refractivity contribution < 1.29 is 85.6 Å². The Bertz CT molecular complexity index is 5210. The van der Waals surface area contributed by atoms with Gasteiger partial charge in [-0.2, -0.15) is 0 Å². The Morgan fingerprint density at radius 3 is 1.52 bits per heavy atom. The second-order valence-electron chi connectivity index (χ2n) is 31.1. The van der Waals surface area contributed by atoms with Gasteiger partial charge >= 0.3 is 6.09 Å². The molecule has 124 heavy (non-hydrogen) atoms. The Labute approximate surface area is 723 Å². The number of rotatable bonds is 44. The summed E-state index contributed by atoms with van der Waals surface area (Å²) in [4.78, 5) is 170. The number of imidazole rings is 3. The third-order valence-corrected chi connectivity index (χ3v) is 21.0. The number of nitrogens with one attached hydrogen (secondary N) is 11. The number of nitrogens with zero attached hydrogens (tertiary/aromatic N) is 13. The standard InChI is InChI=1S/C80H108N24O18S2/c1-79(2,3)59-40-85-63(121-59)48-123-64-41-86-77(124-64)96-68(106)49-16-22-104(23-17-49)25-27-117-29-31-119-33-35-120-34-32-118-30-28-116-26-21-84-71(109)56-36-51(43-98(56)8)88-72(110)57-39-53(45-100(57)10)90-76(114)67-94-61(47-103(67)13)95-73(111)58-38-50(42-101(58)11)87-69(107)54(91-78(115)122-80(4,5)6)14-18-83-74(112)66-93-60(46-102(66)12)92-62(105)15-19-82-70(108)55-37-52(44-99(55)9)89-75(113)65-81-20-24-97(65)7/h20,24,36-47,49,54H,14-19,21-23,25-35,48H2,1-13H3,(H,82,108)(H,83,112)(H,84,109)(H,87,107)(H,88,110)(H,89,113)(H,90,114)(H,91,115)(H,92,105)(H,95,111)(H,86,96,106)/t54-/m0/s1. The van der Waals surface area contributed by atoms with E-state index in [1.54, 1.807) is 115 Å². The highest BCUT2D eigenvalue weighted by Gasteiger charge is 2.30. The molecule has 0 aliphatic carbocycles. The number of alkyl carbamates (subject to hydrolysis) is 1. The van der Waals surface area contributed by atoms with E-state index in [1.165, 1.54) is 96.5 Å². The maximum absolute atomic E-state index is 13.9. The molecule has 1 atom stereocenters. The Kier molecular flexibility index (Phi) is 33.4. The fourth-order valence-corrected chi connectivity index (χ4v) is 14.3. The first-order valence-electron chi connectivity index (χ1n) is 40.0. The first kappa shape index (κ1) is 93.9. The van der Waals surface area contributed by atoms with Crippen molar-refractivity contribution in [2.75, 3.05) is 143 Å². The van der Waals surface area contributed by atoms with Crippen LogP contribution in [0.3, 0.4) is 0 Å². The number of aromatic nitrogens is 12. The van der Waals surface area contributed by atoms with Crippen LogP contribution in [0.5, 0.6) is 0 Å². The normalized spacial score (nSPS) is 12.8. The van der Waals surface area contributed by atoms with Gasteiger partial charge in [-0.25, -0.2) is 29.7 Å². The zero-order valence-corrected chi connectivity index (χ0v) is 73.2. The second-order valence-corrected chi connectivity index (χ2v) is 33.4. The van der Waals surface area contributed by atoms with E-state index in [2.05, 4.69) is 109 Å². The van der Waals surface area contributed by atoms with Crippen LogP contribution in [0.1, 0.15) is 153 Å². The largest absolute Gasteiger partial charge is 0.444 e. The van der Waals surface area contributed by atoms with Crippen molar-refractivity contribution >= 4 is 128 Å². The summed E-state index contributed by atoms with van der Waals surface area (Å²) in [7, 11) is 11.2. The molecule has 44 heteroatoms. The van der Waals surface area contributed by atoms with Crippen molar-refractivity contribution in [1.82, 2.24) is 83.1 Å². The van der Waals surface area contributed by atoms with Gasteiger partial charge in [-0.1, -0.05) is 32.1 Å². The highest BCUT2D eigenvalue weighted by molar-refractivity contribution is 8.00. The molecule has 11 amide bonds. The van der Waals surface area contributed by atoms with Crippen LogP contribution < -0.4 is 58.5 Å². The van der Waals surface area contributed by atoms with Crippen LogP contribution in [0.15, 0.2) is 94.9 Å². The zero-order valence-electron chi connectivity index (χ0n) is 71.6. The summed E-state index contributed by atoms with van der Waals surface area (Å²) in [5, 5.41) is 30.5. The number of amides is 11. The molecule has 10 heterocycles. The lowest BCUT2D eigenvalue weighted by atomic mass is 9.94. The number of hydrogen-bond donors (Lipinski definition) is 11. The number of thiazole rings is 1. The number of thioether (sulfide) groups is 1. The molecule has 1 fully saturated rings. The van der Waals surface area contributed by atoms with E-state index in [9.17, 15) is 52.7 Å². The maximum Gasteiger partial charge on any atom is 0.408 e. The molecule has 42 nitrogen and oxygen atoms in total. The fourth-order valence-electron chi connectivity index (χ4n) is 12.6. The van der Waals surface area contributed by atoms with Crippen LogP contribution in [-0.4, -0.2) is 244 Å². The van der Waals surface area contributed by atoms with Crippen LogP contribution in [0, 0.1) is 5.92 Å². The molecule has 9 aromatic rings. The SMILES string of the molecule is Cn1cc(NC(=O)c2cc(NC(=O)c3nc(NC(=O)c4cc(NC(=O)[C@H](CCNC(=O)c5nc(NC(=O)CCNC(=O)c6cc(NC(=O)c7nccn7C)cn6C)cn5C)NC(=O)OC(C)(C)C)cn4C)cn3C)cn2C)cc1C(=O)NCCOCCOCCOCCOCCOCCN1CCC(C(=O)Nc2ncc(SCc3ncc(C(C)(C)C)o3)s2)CC1. The monoisotopic (exact) mass is 1760 g/mol. The third kappa shape index (κ3) is 28.1. The number of carbonyl (C=O) groups excluding carboxylic acids is 11. The summed E-state index contributed by atoms with van der Waals surface area (Å²) in [6.45, 7) is 17.5. The molecule has 10 rings (SSSR count). The van der Waals surface area contributed by atoms with Crippen LogP contribution in [0.25, 0.3) is 0 Å². The summed E-state index contributed by atoms with van der Waals surface area (Å²) < 4.78 is 50.9. The van der Waals surface area contributed by atoms with Gasteiger partial charge in [0.05, 0.1) is 111 Å². The minimum atomic E-state index is -1.30. The second kappa shape index (κ2) is 44.1. The quantitative estimate of drug-likeness (QED) is 0.0157.